The van der Waals surface area contributed by atoms with E-state index >= 15 is 0 Å². The fourth-order valence-corrected chi connectivity index (χ4v) is 3.02. The number of hydrogen-bond donors (Lipinski definition) is 2. The fraction of sp³-hybridized carbons (Fsp3) is 0.357. The van der Waals surface area contributed by atoms with E-state index in [0.29, 0.717) is 5.13 Å². The standard InChI is InChI=1S/C14H15N3O2S/c1-8(18)15-14-17-11-7-10(5-6-12(11)20-14)16-13(19)9-3-2-4-9/h5-7,9H,2-4H2,1H3,(H,16,19)(H,15,17,18). The lowest BCUT2D eigenvalue weighted by Gasteiger charge is -2.23. The van der Waals surface area contributed by atoms with Crippen LogP contribution in [0, 0.1) is 5.92 Å². The first-order chi connectivity index (χ1) is 9.61. The van der Waals surface area contributed by atoms with Gasteiger partial charge in [0.2, 0.25) is 11.8 Å². The molecule has 2 aromatic rings. The van der Waals surface area contributed by atoms with Gasteiger partial charge in [-0.2, -0.15) is 0 Å². The molecule has 1 fully saturated rings. The Kier molecular flexibility index (Phi) is 3.40. The van der Waals surface area contributed by atoms with Crippen molar-refractivity contribution in [2.75, 3.05) is 10.6 Å². The van der Waals surface area contributed by atoms with Gasteiger partial charge in [-0.1, -0.05) is 17.8 Å². The van der Waals surface area contributed by atoms with Crippen molar-refractivity contribution in [2.45, 2.75) is 26.2 Å². The van der Waals surface area contributed by atoms with Crippen LogP contribution in [-0.4, -0.2) is 16.8 Å². The molecule has 0 aliphatic heterocycles. The summed E-state index contributed by atoms with van der Waals surface area (Å²) in [6.45, 7) is 1.45. The van der Waals surface area contributed by atoms with Gasteiger partial charge in [-0.3, -0.25) is 9.59 Å². The third-order valence-electron chi connectivity index (χ3n) is 3.41. The zero-order chi connectivity index (χ0) is 14.1. The van der Waals surface area contributed by atoms with Gasteiger partial charge in [-0.15, -0.1) is 0 Å². The first kappa shape index (κ1) is 13.1. The minimum atomic E-state index is -0.137. The third kappa shape index (κ3) is 2.65. The number of nitrogens with zero attached hydrogens (tertiary/aromatic N) is 1. The number of carbonyl (C=O) groups excluding carboxylic acids is 2. The first-order valence-electron chi connectivity index (χ1n) is 6.61. The molecule has 3 rings (SSSR count). The number of benzene rings is 1. The molecule has 1 aliphatic carbocycles. The molecule has 0 saturated heterocycles. The predicted octanol–water partition coefficient (Wildman–Crippen LogP) is 2.99. The number of aromatic nitrogens is 1. The van der Waals surface area contributed by atoms with Crippen LogP contribution in [-0.2, 0) is 9.59 Å². The molecule has 0 bridgehead atoms. The number of hydrogen-bond acceptors (Lipinski definition) is 4. The van der Waals surface area contributed by atoms with E-state index < -0.39 is 0 Å². The lowest BCUT2D eigenvalue weighted by Crippen LogP contribution is -2.27. The Balaban J connectivity index is 1.78. The van der Waals surface area contributed by atoms with Crippen LogP contribution in [0.15, 0.2) is 18.2 Å². The van der Waals surface area contributed by atoms with Crippen molar-refractivity contribution in [3.63, 3.8) is 0 Å². The largest absolute Gasteiger partial charge is 0.326 e. The summed E-state index contributed by atoms with van der Waals surface area (Å²) >= 11 is 1.42. The van der Waals surface area contributed by atoms with Gasteiger partial charge in [0.15, 0.2) is 5.13 Å². The van der Waals surface area contributed by atoms with E-state index in [9.17, 15) is 9.59 Å². The summed E-state index contributed by atoms with van der Waals surface area (Å²) in [5.41, 5.74) is 1.54. The molecule has 2 N–H and O–H groups in total. The molecule has 1 aromatic heterocycles. The highest BCUT2D eigenvalue weighted by Crippen LogP contribution is 2.30. The summed E-state index contributed by atoms with van der Waals surface area (Å²) < 4.78 is 0.982. The number of rotatable bonds is 3. The van der Waals surface area contributed by atoms with Gasteiger partial charge in [-0.05, 0) is 31.0 Å². The molecule has 0 unspecified atom stereocenters. The van der Waals surface area contributed by atoms with Crippen LogP contribution < -0.4 is 10.6 Å². The van der Waals surface area contributed by atoms with Gasteiger partial charge < -0.3 is 10.6 Å². The van der Waals surface area contributed by atoms with E-state index in [1.165, 1.54) is 18.3 Å². The van der Waals surface area contributed by atoms with E-state index in [2.05, 4.69) is 15.6 Å². The highest BCUT2D eigenvalue weighted by Gasteiger charge is 2.25. The Hall–Kier alpha value is -1.95. The van der Waals surface area contributed by atoms with E-state index in [1.54, 1.807) is 0 Å². The fourth-order valence-electron chi connectivity index (χ4n) is 2.12. The number of nitrogens with one attached hydrogen (secondary N) is 2. The van der Waals surface area contributed by atoms with Gasteiger partial charge in [0.05, 0.1) is 10.2 Å². The number of fused-ring (bicyclic) bond motifs is 1. The van der Waals surface area contributed by atoms with E-state index in [-0.39, 0.29) is 17.7 Å². The van der Waals surface area contributed by atoms with Crippen LogP contribution in [0.25, 0.3) is 10.2 Å². The van der Waals surface area contributed by atoms with Crippen LogP contribution in [0.2, 0.25) is 0 Å². The summed E-state index contributed by atoms with van der Waals surface area (Å²) in [4.78, 5) is 27.2. The maximum Gasteiger partial charge on any atom is 0.227 e. The highest BCUT2D eigenvalue weighted by molar-refractivity contribution is 7.22. The molecule has 1 aliphatic rings. The van der Waals surface area contributed by atoms with E-state index in [0.717, 1.165) is 35.2 Å². The average molecular weight is 289 g/mol. The minimum absolute atomic E-state index is 0.0907. The average Bonchev–Trinajstić information content (AvgIpc) is 2.66. The summed E-state index contributed by atoms with van der Waals surface area (Å²) in [5.74, 6) is 0.117. The minimum Gasteiger partial charge on any atom is -0.326 e. The Morgan fingerprint density at radius 3 is 2.75 bits per heavy atom. The zero-order valence-corrected chi connectivity index (χ0v) is 11.9. The van der Waals surface area contributed by atoms with Crippen molar-refractivity contribution in [3.05, 3.63) is 18.2 Å². The quantitative estimate of drug-likeness (QED) is 0.912. The third-order valence-corrected chi connectivity index (χ3v) is 4.37. The maximum atomic E-state index is 11.9. The Morgan fingerprint density at radius 2 is 2.10 bits per heavy atom. The van der Waals surface area contributed by atoms with Gasteiger partial charge in [0.25, 0.3) is 0 Å². The molecule has 2 amide bonds. The molecule has 1 saturated carbocycles. The van der Waals surface area contributed by atoms with Crippen LogP contribution in [0.3, 0.4) is 0 Å². The normalized spacial score (nSPS) is 14.8. The lowest BCUT2D eigenvalue weighted by atomic mass is 9.85. The van der Waals surface area contributed by atoms with Crippen LogP contribution >= 0.6 is 11.3 Å². The van der Waals surface area contributed by atoms with Crippen molar-refractivity contribution in [1.82, 2.24) is 4.98 Å². The van der Waals surface area contributed by atoms with Crippen molar-refractivity contribution in [2.24, 2.45) is 5.92 Å². The second-order valence-electron chi connectivity index (χ2n) is 5.00. The first-order valence-corrected chi connectivity index (χ1v) is 7.42. The summed E-state index contributed by atoms with van der Waals surface area (Å²) in [7, 11) is 0. The molecule has 0 radical (unpaired) electrons. The lowest BCUT2D eigenvalue weighted by molar-refractivity contribution is -0.122. The molecule has 5 nitrogen and oxygen atoms in total. The van der Waals surface area contributed by atoms with Crippen LogP contribution in [0.1, 0.15) is 26.2 Å². The molecular formula is C14H15N3O2S. The highest BCUT2D eigenvalue weighted by atomic mass is 32.1. The summed E-state index contributed by atoms with van der Waals surface area (Å²) in [6.07, 6.45) is 3.11. The molecule has 1 heterocycles. The number of carbonyl (C=O) groups is 2. The Labute approximate surface area is 120 Å². The van der Waals surface area contributed by atoms with Gasteiger partial charge >= 0.3 is 0 Å². The van der Waals surface area contributed by atoms with Crippen molar-refractivity contribution >= 4 is 44.2 Å². The van der Waals surface area contributed by atoms with Crippen molar-refractivity contribution in [1.29, 1.82) is 0 Å². The topological polar surface area (TPSA) is 71.1 Å². The molecule has 0 spiro atoms. The van der Waals surface area contributed by atoms with E-state index in [4.69, 9.17) is 0 Å². The summed E-state index contributed by atoms with van der Waals surface area (Å²) in [5, 5.41) is 6.18. The predicted molar refractivity (Wildman–Crippen MR) is 79.9 cm³/mol. The number of amides is 2. The molecule has 0 atom stereocenters. The Bertz CT molecular complexity index is 676. The monoisotopic (exact) mass is 289 g/mol. The zero-order valence-electron chi connectivity index (χ0n) is 11.1. The number of anilines is 2. The molecular weight excluding hydrogens is 274 g/mol. The van der Waals surface area contributed by atoms with Gasteiger partial charge in [0, 0.05) is 18.5 Å². The smallest absolute Gasteiger partial charge is 0.227 e. The van der Waals surface area contributed by atoms with E-state index in [1.807, 2.05) is 18.2 Å². The van der Waals surface area contributed by atoms with Gasteiger partial charge in [0.1, 0.15) is 0 Å². The van der Waals surface area contributed by atoms with Gasteiger partial charge in [-0.25, -0.2) is 4.98 Å². The Morgan fingerprint density at radius 1 is 1.30 bits per heavy atom. The second kappa shape index (κ2) is 5.20. The maximum absolute atomic E-state index is 11.9. The number of thiazole rings is 1. The van der Waals surface area contributed by atoms with Crippen molar-refractivity contribution in [3.8, 4) is 0 Å². The molecule has 20 heavy (non-hydrogen) atoms. The van der Waals surface area contributed by atoms with Crippen molar-refractivity contribution < 1.29 is 9.59 Å². The van der Waals surface area contributed by atoms with Crippen LogP contribution in [0.5, 0.6) is 0 Å². The molecule has 6 heteroatoms. The second-order valence-corrected chi connectivity index (χ2v) is 6.03. The molecule has 1 aromatic carbocycles. The molecule has 104 valence electrons. The van der Waals surface area contributed by atoms with Crippen LogP contribution in [0.4, 0.5) is 10.8 Å². The summed E-state index contributed by atoms with van der Waals surface area (Å²) in [6, 6.07) is 5.62. The SMILES string of the molecule is CC(=O)Nc1nc2cc(NC(=O)C3CCC3)ccc2s1.